The maximum Gasteiger partial charge on any atom is 0.325 e. The molecule has 0 aliphatic carbocycles. The predicted octanol–water partition coefficient (Wildman–Crippen LogP) is 2.65. The van der Waals surface area contributed by atoms with E-state index in [0.29, 0.717) is 24.5 Å². The summed E-state index contributed by atoms with van der Waals surface area (Å²) in [6, 6.07) is 8.52. The molecule has 0 bridgehead atoms. The first-order valence-corrected chi connectivity index (χ1v) is 7.57. The van der Waals surface area contributed by atoms with Crippen LogP contribution in [-0.2, 0) is 10.3 Å². The van der Waals surface area contributed by atoms with Crippen molar-refractivity contribution < 1.29 is 23.1 Å². The van der Waals surface area contributed by atoms with Gasteiger partial charge in [-0.15, -0.1) is 0 Å². The molecule has 1 aliphatic rings. The van der Waals surface area contributed by atoms with Gasteiger partial charge in [-0.25, -0.2) is 9.18 Å². The van der Waals surface area contributed by atoms with Gasteiger partial charge in [0.25, 0.3) is 5.91 Å². The van der Waals surface area contributed by atoms with Crippen molar-refractivity contribution in [2.75, 3.05) is 13.2 Å². The standard InChI is InChI=1S/C17H17FN2O4/c1-17(14-4-2-10-24-14)15(21)20(16(22)19-17)9-3-11-23-13-7-5-12(18)6-8-13/h2,4-8,10H,3,9,11H2,1H3,(H,19,22)/t17-/m1/s1. The van der Waals surface area contributed by atoms with Crippen LogP contribution in [-0.4, -0.2) is 30.0 Å². The second-order valence-corrected chi connectivity index (χ2v) is 5.65. The van der Waals surface area contributed by atoms with Crippen LogP contribution in [0.25, 0.3) is 0 Å². The Labute approximate surface area is 138 Å². The lowest BCUT2D eigenvalue weighted by Gasteiger charge is -2.19. The van der Waals surface area contributed by atoms with Gasteiger partial charge in [0, 0.05) is 6.54 Å². The molecule has 1 atom stereocenters. The SMILES string of the molecule is C[C@]1(c2ccco2)NC(=O)N(CCCOc2ccc(F)cc2)C1=O. The molecule has 6 nitrogen and oxygen atoms in total. The Kier molecular flexibility index (Phi) is 4.24. The van der Waals surface area contributed by atoms with E-state index in [1.807, 2.05) is 0 Å². The van der Waals surface area contributed by atoms with Crippen LogP contribution in [0, 0.1) is 5.82 Å². The third kappa shape index (κ3) is 2.97. The number of nitrogens with one attached hydrogen (secondary N) is 1. The van der Waals surface area contributed by atoms with Gasteiger partial charge < -0.3 is 14.5 Å². The number of carbonyl (C=O) groups is 2. The highest BCUT2D eigenvalue weighted by atomic mass is 19.1. The molecule has 24 heavy (non-hydrogen) atoms. The number of benzene rings is 1. The van der Waals surface area contributed by atoms with E-state index >= 15 is 0 Å². The number of imide groups is 1. The van der Waals surface area contributed by atoms with Crippen LogP contribution in [0.15, 0.2) is 47.1 Å². The Hall–Kier alpha value is -2.83. The molecule has 1 aromatic heterocycles. The smallest absolute Gasteiger partial charge is 0.325 e. The topological polar surface area (TPSA) is 71.8 Å². The first-order chi connectivity index (χ1) is 11.5. The Morgan fingerprint density at radius 2 is 2.00 bits per heavy atom. The van der Waals surface area contributed by atoms with E-state index in [9.17, 15) is 14.0 Å². The Balaban J connectivity index is 1.55. The van der Waals surface area contributed by atoms with Gasteiger partial charge in [-0.3, -0.25) is 9.69 Å². The fourth-order valence-electron chi connectivity index (χ4n) is 2.57. The summed E-state index contributed by atoms with van der Waals surface area (Å²) in [5.74, 6) is 0.239. The molecule has 3 amide bonds. The zero-order valence-electron chi connectivity index (χ0n) is 13.1. The Morgan fingerprint density at radius 3 is 2.67 bits per heavy atom. The number of amides is 3. The van der Waals surface area contributed by atoms with E-state index in [1.54, 1.807) is 19.1 Å². The number of halogens is 1. The molecular formula is C17H17FN2O4. The van der Waals surface area contributed by atoms with Crippen molar-refractivity contribution in [2.24, 2.45) is 0 Å². The van der Waals surface area contributed by atoms with Crippen molar-refractivity contribution >= 4 is 11.9 Å². The molecule has 1 aliphatic heterocycles. The van der Waals surface area contributed by atoms with Gasteiger partial charge in [-0.1, -0.05) is 0 Å². The monoisotopic (exact) mass is 332 g/mol. The summed E-state index contributed by atoms with van der Waals surface area (Å²) in [6.07, 6.45) is 1.92. The molecule has 1 N–H and O–H groups in total. The van der Waals surface area contributed by atoms with E-state index in [2.05, 4.69) is 5.32 Å². The number of carbonyl (C=O) groups excluding carboxylic acids is 2. The van der Waals surface area contributed by atoms with E-state index < -0.39 is 11.6 Å². The van der Waals surface area contributed by atoms with Crippen LogP contribution in [0.5, 0.6) is 5.75 Å². The Morgan fingerprint density at radius 1 is 1.25 bits per heavy atom. The number of rotatable bonds is 6. The number of furan rings is 1. The normalized spacial score (nSPS) is 20.3. The minimum Gasteiger partial charge on any atom is -0.494 e. The summed E-state index contributed by atoms with van der Waals surface area (Å²) in [5.41, 5.74) is -1.18. The van der Waals surface area contributed by atoms with Crippen molar-refractivity contribution in [3.63, 3.8) is 0 Å². The summed E-state index contributed by atoms with van der Waals surface area (Å²) in [7, 11) is 0. The minimum absolute atomic E-state index is 0.224. The molecule has 7 heteroatoms. The highest BCUT2D eigenvalue weighted by molar-refractivity contribution is 6.06. The maximum atomic E-state index is 12.8. The van der Waals surface area contributed by atoms with Crippen LogP contribution in [0.2, 0.25) is 0 Å². The molecule has 0 saturated carbocycles. The number of urea groups is 1. The highest BCUT2D eigenvalue weighted by Gasteiger charge is 2.50. The van der Waals surface area contributed by atoms with E-state index in [4.69, 9.17) is 9.15 Å². The average molecular weight is 332 g/mol. The minimum atomic E-state index is -1.18. The van der Waals surface area contributed by atoms with E-state index in [1.165, 1.54) is 30.5 Å². The third-order valence-corrected chi connectivity index (χ3v) is 3.90. The van der Waals surface area contributed by atoms with E-state index in [-0.39, 0.29) is 18.3 Å². The lowest BCUT2D eigenvalue weighted by Crippen LogP contribution is -2.40. The van der Waals surface area contributed by atoms with Gasteiger partial charge in [0.1, 0.15) is 17.3 Å². The van der Waals surface area contributed by atoms with Crippen molar-refractivity contribution in [1.29, 1.82) is 0 Å². The van der Waals surface area contributed by atoms with Gasteiger partial charge in [-0.05, 0) is 49.7 Å². The lowest BCUT2D eigenvalue weighted by molar-refractivity contribution is -0.131. The van der Waals surface area contributed by atoms with Gasteiger partial charge in [0.2, 0.25) is 0 Å². The molecule has 1 saturated heterocycles. The van der Waals surface area contributed by atoms with Gasteiger partial charge >= 0.3 is 6.03 Å². The van der Waals surface area contributed by atoms with Crippen LogP contribution in [0.1, 0.15) is 19.1 Å². The first kappa shape index (κ1) is 16.0. The van der Waals surface area contributed by atoms with Crippen molar-refractivity contribution in [3.8, 4) is 5.75 Å². The van der Waals surface area contributed by atoms with Crippen molar-refractivity contribution in [2.45, 2.75) is 18.9 Å². The van der Waals surface area contributed by atoms with Crippen LogP contribution in [0.4, 0.5) is 9.18 Å². The van der Waals surface area contributed by atoms with Crippen LogP contribution >= 0.6 is 0 Å². The van der Waals surface area contributed by atoms with Crippen molar-refractivity contribution in [3.05, 3.63) is 54.2 Å². The predicted molar refractivity (Wildman–Crippen MR) is 82.8 cm³/mol. The molecule has 1 aromatic carbocycles. The quantitative estimate of drug-likeness (QED) is 0.652. The molecule has 2 aromatic rings. The summed E-state index contributed by atoms with van der Waals surface area (Å²) in [6.45, 7) is 2.14. The number of hydrogen-bond acceptors (Lipinski definition) is 4. The molecule has 3 rings (SSSR count). The Bertz CT molecular complexity index is 730. The second-order valence-electron chi connectivity index (χ2n) is 5.65. The highest BCUT2D eigenvalue weighted by Crippen LogP contribution is 2.29. The molecule has 0 unspecified atom stereocenters. The van der Waals surface area contributed by atoms with Gasteiger partial charge in [0.15, 0.2) is 5.54 Å². The molecule has 2 heterocycles. The van der Waals surface area contributed by atoms with Gasteiger partial charge in [-0.2, -0.15) is 0 Å². The maximum absolute atomic E-state index is 12.8. The van der Waals surface area contributed by atoms with Crippen molar-refractivity contribution in [1.82, 2.24) is 10.2 Å². The van der Waals surface area contributed by atoms with E-state index in [0.717, 1.165) is 4.90 Å². The zero-order chi connectivity index (χ0) is 17.2. The molecule has 1 fully saturated rings. The third-order valence-electron chi connectivity index (χ3n) is 3.90. The van der Waals surface area contributed by atoms with Gasteiger partial charge in [0.05, 0.1) is 12.9 Å². The summed E-state index contributed by atoms with van der Waals surface area (Å²) < 4.78 is 23.5. The van der Waals surface area contributed by atoms with Crippen LogP contribution in [0.3, 0.4) is 0 Å². The zero-order valence-corrected chi connectivity index (χ0v) is 13.1. The second kappa shape index (κ2) is 6.35. The summed E-state index contributed by atoms with van der Waals surface area (Å²) in [4.78, 5) is 25.8. The summed E-state index contributed by atoms with van der Waals surface area (Å²) in [5, 5.41) is 2.66. The first-order valence-electron chi connectivity index (χ1n) is 7.57. The average Bonchev–Trinajstić information content (AvgIpc) is 3.17. The molecule has 0 radical (unpaired) electrons. The lowest BCUT2D eigenvalue weighted by atomic mass is 9.99. The molecular weight excluding hydrogens is 315 g/mol. The number of ether oxygens (including phenoxy) is 1. The fraction of sp³-hybridized carbons (Fsp3) is 0.294. The summed E-state index contributed by atoms with van der Waals surface area (Å²) >= 11 is 0. The van der Waals surface area contributed by atoms with Crippen LogP contribution < -0.4 is 10.1 Å². The molecule has 0 spiro atoms. The number of hydrogen-bond donors (Lipinski definition) is 1. The molecule has 126 valence electrons. The fourth-order valence-corrected chi connectivity index (χ4v) is 2.57. The largest absolute Gasteiger partial charge is 0.494 e. The number of nitrogens with zero attached hydrogens (tertiary/aromatic N) is 1.